The minimum Gasteiger partial charge on any atom is -0.438 e. The van der Waals surface area contributed by atoms with E-state index in [-0.39, 0.29) is 11.8 Å². The first kappa shape index (κ1) is 10.4. The lowest BCUT2D eigenvalue weighted by atomic mass is 10.2. The molecule has 16 heavy (non-hydrogen) atoms. The summed E-state index contributed by atoms with van der Waals surface area (Å²) < 4.78 is 18.4. The number of nitrogens with two attached hydrogens (primary N) is 1. The highest BCUT2D eigenvalue weighted by Gasteiger charge is 2.04. The number of benzene rings is 1. The van der Waals surface area contributed by atoms with E-state index in [0.29, 0.717) is 11.6 Å². The number of ether oxygens (including phenoxy) is 1. The predicted molar refractivity (Wildman–Crippen MR) is 57.7 cm³/mol. The Hall–Kier alpha value is -2.17. The molecule has 2 rings (SSSR count). The summed E-state index contributed by atoms with van der Waals surface area (Å²) in [4.78, 5) is 7.60. The van der Waals surface area contributed by atoms with E-state index >= 15 is 0 Å². The molecule has 0 aliphatic heterocycles. The highest BCUT2D eigenvalue weighted by atomic mass is 19.1. The van der Waals surface area contributed by atoms with Gasteiger partial charge >= 0.3 is 0 Å². The van der Waals surface area contributed by atoms with Gasteiger partial charge in [0.25, 0.3) is 0 Å². The number of aromatic nitrogens is 2. The summed E-state index contributed by atoms with van der Waals surface area (Å²) >= 11 is 0. The summed E-state index contributed by atoms with van der Waals surface area (Å²) in [5, 5.41) is 0. The van der Waals surface area contributed by atoms with Gasteiger partial charge in [-0.1, -0.05) is 6.07 Å². The van der Waals surface area contributed by atoms with E-state index < -0.39 is 0 Å². The molecule has 0 amide bonds. The second kappa shape index (κ2) is 4.14. The van der Waals surface area contributed by atoms with Gasteiger partial charge in [-0.2, -0.15) is 4.98 Å². The number of nitrogens with zero attached hydrogens (tertiary/aromatic N) is 2. The first-order valence-corrected chi connectivity index (χ1v) is 4.67. The summed E-state index contributed by atoms with van der Waals surface area (Å²) in [6, 6.07) is 5.86. The zero-order chi connectivity index (χ0) is 11.5. The van der Waals surface area contributed by atoms with Crippen molar-refractivity contribution in [3.8, 4) is 11.6 Å². The van der Waals surface area contributed by atoms with Crippen LogP contribution in [0.5, 0.6) is 11.6 Å². The number of anilines is 1. The van der Waals surface area contributed by atoms with Crippen LogP contribution < -0.4 is 10.5 Å². The Morgan fingerprint density at radius 2 is 2.12 bits per heavy atom. The highest BCUT2D eigenvalue weighted by Crippen LogP contribution is 2.24. The van der Waals surface area contributed by atoms with Crippen LogP contribution in [0.15, 0.2) is 30.5 Å². The summed E-state index contributed by atoms with van der Waals surface area (Å²) in [6.45, 7) is 1.82. The summed E-state index contributed by atoms with van der Waals surface area (Å²) in [6.07, 6.45) is 1.48. The fourth-order valence-electron chi connectivity index (χ4n) is 1.21. The number of halogens is 1. The maximum Gasteiger partial charge on any atom is 0.224 e. The molecule has 0 aliphatic carbocycles. The van der Waals surface area contributed by atoms with Gasteiger partial charge in [-0.3, -0.25) is 0 Å². The van der Waals surface area contributed by atoms with Gasteiger partial charge in [0.05, 0.1) is 0 Å². The molecule has 1 heterocycles. The number of rotatable bonds is 2. The zero-order valence-electron chi connectivity index (χ0n) is 8.64. The Morgan fingerprint density at radius 3 is 2.88 bits per heavy atom. The van der Waals surface area contributed by atoms with Crippen molar-refractivity contribution in [3.63, 3.8) is 0 Å². The Labute approximate surface area is 91.9 Å². The van der Waals surface area contributed by atoms with E-state index in [1.54, 1.807) is 12.1 Å². The van der Waals surface area contributed by atoms with Crippen LogP contribution in [0.4, 0.5) is 10.3 Å². The maximum absolute atomic E-state index is 13.0. The average Bonchev–Trinajstić information content (AvgIpc) is 2.24. The molecule has 0 bridgehead atoms. The largest absolute Gasteiger partial charge is 0.438 e. The van der Waals surface area contributed by atoms with Crippen LogP contribution in [-0.2, 0) is 0 Å². The Balaban J connectivity index is 2.30. The van der Waals surface area contributed by atoms with Gasteiger partial charge in [-0.15, -0.1) is 0 Å². The molecule has 0 fully saturated rings. The van der Waals surface area contributed by atoms with Gasteiger partial charge in [-0.05, 0) is 18.6 Å². The molecule has 0 spiro atoms. The normalized spacial score (nSPS) is 10.1. The number of hydrogen-bond acceptors (Lipinski definition) is 4. The van der Waals surface area contributed by atoms with Crippen molar-refractivity contribution >= 4 is 5.95 Å². The van der Waals surface area contributed by atoms with Crippen molar-refractivity contribution in [2.45, 2.75) is 6.92 Å². The van der Waals surface area contributed by atoms with Crippen LogP contribution >= 0.6 is 0 Å². The minimum absolute atomic E-state index is 0.117. The smallest absolute Gasteiger partial charge is 0.224 e. The molecule has 0 aliphatic rings. The molecule has 5 heteroatoms. The van der Waals surface area contributed by atoms with Crippen LogP contribution in [0, 0.1) is 12.7 Å². The molecule has 0 saturated carbocycles. The molecular formula is C11H10FN3O. The summed E-state index contributed by atoms with van der Waals surface area (Å²) in [5.74, 6) is 0.466. The van der Waals surface area contributed by atoms with E-state index in [9.17, 15) is 4.39 Å². The lowest BCUT2D eigenvalue weighted by Crippen LogP contribution is -1.97. The molecule has 82 valence electrons. The second-order valence-corrected chi connectivity index (χ2v) is 3.26. The maximum atomic E-state index is 13.0. The highest BCUT2D eigenvalue weighted by molar-refractivity contribution is 5.36. The van der Waals surface area contributed by atoms with Gasteiger partial charge in [0.15, 0.2) is 0 Å². The number of hydrogen-bond donors (Lipinski definition) is 1. The first-order valence-electron chi connectivity index (χ1n) is 4.67. The molecule has 0 saturated heterocycles. The summed E-state index contributed by atoms with van der Waals surface area (Å²) in [7, 11) is 0. The van der Waals surface area contributed by atoms with E-state index in [0.717, 1.165) is 5.56 Å². The zero-order valence-corrected chi connectivity index (χ0v) is 8.64. The van der Waals surface area contributed by atoms with Crippen molar-refractivity contribution in [2.75, 3.05) is 5.73 Å². The van der Waals surface area contributed by atoms with Crippen LogP contribution in [0.2, 0.25) is 0 Å². The lowest BCUT2D eigenvalue weighted by Gasteiger charge is -2.07. The van der Waals surface area contributed by atoms with Gasteiger partial charge in [0, 0.05) is 18.3 Å². The van der Waals surface area contributed by atoms with E-state index in [1.807, 2.05) is 6.92 Å². The molecule has 2 aromatic rings. The van der Waals surface area contributed by atoms with Crippen molar-refractivity contribution in [1.82, 2.24) is 9.97 Å². The lowest BCUT2D eigenvalue weighted by molar-refractivity contribution is 0.454. The van der Waals surface area contributed by atoms with Crippen LogP contribution in [0.1, 0.15) is 5.56 Å². The van der Waals surface area contributed by atoms with Gasteiger partial charge in [-0.25, -0.2) is 9.37 Å². The average molecular weight is 219 g/mol. The molecule has 4 nitrogen and oxygen atoms in total. The Morgan fingerprint density at radius 1 is 1.31 bits per heavy atom. The standard InChI is InChI=1S/C11H10FN3O/c1-7-2-3-8(12)6-9(7)16-10-4-5-14-11(13)15-10/h2-6H,1H3,(H2,13,14,15). The third kappa shape index (κ3) is 2.25. The topological polar surface area (TPSA) is 61.0 Å². The number of aryl methyl sites for hydroxylation is 1. The molecule has 1 aromatic heterocycles. The van der Waals surface area contributed by atoms with Crippen LogP contribution in [0.3, 0.4) is 0 Å². The SMILES string of the molecule is Cc1ccc(F)cc1Oc1ccnc(N)n1. The second-order valence-electron chi connectivity index (χ2n) is 3.26. The third-order valence-corrected chi connectivity index (χ3v) is 2.01. The van der Waals surface area contributed by atoms with Gasteiger partial charge < -0.3 is 10.5 Å². The first-order chi connectivity index (χ1) is 7.65. The van der Waals surface area contributed by atoms with Crippen molar-refractivity contribution in [1.29, 1.82) is 0 Å². The monoisotopic (exact) mass is 219 g/mol. The van der Waals surface area contributed by atoms with Gasteiger partial charge in [0.1, 0.15) is 11.6 Å². The fourth-order valence-corrected chi connectivity index (χ4v) is 1.21. The molecular weight excluding hydrogens is 209 g/mol. The molecule has 0 radical (unpaired) electrons. The third-order valence-electron chi connectivity index (χ3n) is 2.01. The van der Waals surface area contributed by atoms with Crippen molar-refractivity contribution in [3.05, 3.63) is 41.8 Å². The van der Waals surface area contributed by atoms with Crippen molar-refractivity contribution in [2.24, 2.45) is 0 Å². The van der Waals surface area contributed by atoms with Crippen LogP contribution in [-0.4, -0.2) is 9.97 Å². The fraction of sp³-hybridized carbons (Fsp3) is 0.0909. The Bertz CT molecular complexity index is 516. The molecule has 0 unspecified atom stereocenters. The Kier molecular flexibility index (Phi) is 2.68. The quantitative estimate of drug-likeness (QED) is 0.841. The predicted octanol–water partition coefficient (Wildman–Crippen LogP) is 2.30. The number of nitrogen functional groups attached to an aromatic ring is 1. The molecule has 2 N–H and O–H groups in total. The van der Waals surface area contributed by atoms with Crippen molar-refractivity contribution < 1.29 is 9.13 Å². The minimum atomic E-state index is -0.359. The molecule has 1 aromatic carbocycles. The summed E-state index contributed by atoms with van der Waals surface area (Å²) in [5.41, 5.74) is 6.22. The van der Waals surface area contributed by atoms with E-state index in [1.165, 1.54) is 18.3 Å². The van der Waals surface area contributed by atoms with E-state index in [4.69, 9.17) is 10.5 Å². The van der Waals surface area contributed by atoms with E-state index in [2.05, 4.69) is 9.97 Å². The van der Waals surface area contributed by atoms with Crippen LogP contribution in [0.25, 0.3) is 0 Å². The van der Waals surface area contributed by atoms with Gasteiger partial charge in [0.2, 0.25) is 11.8 Å². The molecule has 0 atom stereocenters.